The minimum absolute atomic E-state index is 0.218. The Morgan fingerprint density at radius 3 is 2.91 bits per heavy atom. The predicted molar refractivity (Wildman–Crippen MR) is 82.9 cm³/mol. The molecule has 5 nitrogen and oxygen atoms in total. The Labute approximate surface area is 130 Å². The average Bonchev–Trinajstić information content (AvgIpc) is 3.07. The topological polar surface area (TPSA) is 46.0 Å². The second kappa shape index (κ2) is 6.98. The van der Waals surface area contributed by atoms with Crippen molar-refractivity contribution in [3.8, 4) is 0 Å². The van der Waals surface area contributed by atoms with Crippen LogP contribution in [0.1, 0.15) is 17.7 Å². The summed E-state index contributed by atoms with van der Waals surface area (Å²) in [5.41, 5.74) is 2.27. The molecule has 6 heteroatoms. The molecule has 3 heterocycles. The molecular formula is C16H22FN5. The number of aryl methyl sites for hydroxylation is 1. The van der Waals surface area contributed by atoms with Gasteiger partial charge in [-0.3, -0.25) is 4.90 Å². The number of hydrogen-bond acceptors (Lipinski definition) is 4. The van der Waals surface area contributed by atoms with Gasteiger partial charge in [-0.1, -0.05) is 0 Å². The molecular weight excluding hydrogens is 281 g/mol. The monoisotopic (exact) mass is 303 g/mol. The van der Waals surface area contributed by atoms with Gasteiger partial charge in [0.15, 0.2) is 0 Å². The Hall–Kier alpha value is -1.79. The lowest BCUT2D eigenvalue weighted by Crippen LogP contribution is -2.37. The van der Waals surface area contributed by atoms with Crippen molar-refractivity contribution in [2.24, 2.45) is 7.05 Å². The first-order valence-corrected chi connectivity index (χ1v) is 7.65. The third-order valence-corrected chi connectivity index (χ3v) is 4.21. The van der Waals surface area contributed by atoms with E-state index in [-0.39, 0.29) is 6.04 Å². The third kappa shape index (κ3) is 3.69. The number of rotatable bonds is 6. The van der Waals surface area contributed by atoms with Crippen molar-refractivity contribution in [3.63, 3.8) is 0 Å². The number of alkyl halides is 1. The summed E-state index contributed by atoms with van der Waals surface area (Å²) in [6, 6.07) is 4.35. The fourth-order valence-electron chi connectivity index (χ4n) is 3.02. The van der Waals surface area contributed by atoms with E-state index in [1.165, 1.54) is 12.0 Å². The molecule has 1 fully saturated rings. The van der Waals surface area contributed by atoms with Crippen LogP contribution in [-0.2, 0) is 20.1 Å². The number of halogens is 1. The van der Waals surface area contributed by atoms with E-state index in [1.54, 1.807) is 12.4 Å². The summed E-state index contributed by atoms with van der Waals surface area (Å²) in [4.78, 5) is 10.2. The maximum Gasteiger partial charge on any atom is 0.115 e. The van der Waals surface area contributed by atoms with E-state index in [2.05, 4.69) is 30.8 Å². The molecule has 118 valence electrons. The third-order valence-electron chi connectivity index (χ3n) is 4.21. The molecule has 1 aliphatic heterocycles. The lowest BCUT2D eigenvalue weighted by molar-refractivity contribution is 0.229. The van der Waals surface area contributed by atoms with Gasteiger partial charge in [0.2, 0.25) is 0 Å². The Bertz CT molecular complexity index is 585. The quantitative estimate of drug-likeness (QED) is 0.879. The van der Waals surface area contributed by atoms with E-state index < -0.39 is 6.17 Å². The lowest BCUT2D eigenvalue weighted by Gasteiger charge is -2.24. The number of nitrogens with zero attached hydrogens (tertiary/aromatic N) is 4. The highest BCUT2D eigenvalue weighted by atomic mass is 19.1. The van der Waals surface area contributed by atoms with Crippen LogP contribution in [0, 0.1) is 0 Å². The normalized spacial score (nSPS) is 22.3. The first-order chi connectivity index (χ1) is 10.7. The second-order valence-electron chi connectivity index (χ2n) is 5.90. The fraction of sp³-hybridized carbons (Fsp3) is 0.500. The maximum atomic E-state index is 13.8. The maximum absolute atomic E-state index is 13.8. The van der Waals surface area contributed by atoms with E-state index in [1.807, 2.05) is 19.3 Å². The second-order valence-corrected chi connectivity index (χ2v) is 5.90. The van der Waals surface area contributed by atoms with Crippen molar-refractivity contribution in [1.82, 2.24) is 24.8 Å². The van der Waals surface area contributed by atoms with Crippen molar-refractivity contribution < 1.29 is 4.39 Å². The highest BCUT2D eigenvalue weighted by molar-refractivity contribution is 5.06. The summed E-state index contributed by atoms with van der Waals surface area (Å²) in [6.45, 7) is 2.79. The summed E-state index contributed by atoms with van der Waals surface area (Å²) in [6.07, 6.45) is 7.00. The molecule has 0 spiro atoms. The van der Waals surface area contributed by atoms with Crippen molar-refractivity contribution in [2.45, 2.75) is 31.7 Å². The molecule has 1 aliphatic rings. The Morgan fingerprint density at radius 2 is 2.18 bits per heavy atom. The van der Waals surface area contributed by atoms with E-state index in [0.29, 0.717) is 19.5 Å². The van der Waals surface area contributed by atoms with Gasteiger partial charge in [0.05, 0.1) is 0 Å². The van der Waals surface area contributed by atoms with E-state index >= 15 is 0 Å². The summed E-state index contributed by atoms with van der Waals surface area (Å²) in [7, 11) is 2.03. The van der Waals surface area contributed by atoms with Crippen LogP contribution in [0.2, 0.25) is 0 Å². The van der Waals surface area contributed by atoms with Crippen LogP contribution in [0.3, 0.4) is 0 Å². The molecule has 3 rings (SSSR count). The number of aromatic nitrogens is 3. The highest BCUT2D eigenvalue weighted by Crippen LogP contribution is 2.22. The molecule has 0 bridgehead atoms. The molecule has 0 unspecified atom stereocenters. The van der Waals surface area contributed by atoms with Crippen LogP contribution in [0.25, 0.3) is 0 Å². The molecule has 0 amide bonds. The summed E-state index contributed by atoms with van der Waals surface area (Å²) < 4.78 is 15.9. The molecule has 0 saturated carbocycles. The zero-order valence-electron chi connectivity index (χ0n) is 12.8. The molecule has 0 aromatic carbocycles. The Kier molecular flexibility index (Phi) is 4.80. The van der Waals surface area contributed by atoms with Gasteiger partial charge in [-0.15, -0.1) is 0 Å². The van der Waals surface area contributed by atoms with Gasteiger partial charge in [0, 0.05) is 69.1 Å². The smallest absolute Gasteiger partial charge is 0.115 e. The van der Waals surface area contributed by atoms with Gasteiger partial charge in [-0.2, -0.15) is 0 Å². The van der Waals surface area contributed by atoms with E-state index in [0.717, 1.165) is 18.7 Å². The number of hydrogen-bond donors (Lipinski definition) is 1. The summed E-state index contributed by atoms with van der Waals surface area (Å²) in [5.74, 6) is 0. The van der Waals surface area contributed by atoms with Crippen molar-refractivity contribution in [1.29, 1.82) is 0 Å². The SMILES string of the molecule is Cn1cccc1CNC[C@@H]1C[C@H](F)CN1Cc1cncnc1. The fourth-order valence-corrected chi connectivity index (χ4v) is 3.02. The van der Waals surface area contributed by atoms with Crippen LogP contribution in [0.5, 0.6) is 0 Å². The molecule has 2 atom stereocenters. The molecule has 2 aromatic rings. The van der Waals surface area contributed by atoms with E-state index in [4.69, 9.17) is 0 Å². The molecule has 1 N–H and O–H groups in total. The van der Waals surface area contributed by atoms with Crippen LogP contribution < -0.4 is 5.32 Å². The largest absolute Gasteiger partial charge is 0.353 e. The van der Waals surface area contributed by atoms with Crippen molar-refractivity contribution in [2.75, 3.05) is 13.1 Å². The minimum Gasteiger partial charge on any atom is -0.353 e. The molecule has 22 heavy (non-hydrogen) atoms. The summed E-state index contributed by atoms with van der Waals surface area (Å²) >= 11 is 0. The Morgan fingerprint density at radius 1 is 1.36 bits per heavy atom. The van der Waals surface area contributed by atoms with Crippen LogP contribution >= 0.6 is 0 Å². The Balaban J connectivity index is 1.53. The summed E-state index contributed by atoms with van der Waals surface area (Å²) in [5, 5.41) is 3.45. The van der Waals surface area contributed by atoms with Gasteiger partial charge >= 0.3 is 0 Å². The molecule has 0 aliphatic carbocycles. The van der Waals surface area contributed by atoms with Gasteiger partial charge < -0.3 is 9.88 Å². The average molecular weight is 303 g/mol. The van der Waals surface area contributed by atoms with Gasteiger partial charge in [0.1, 0.15) is 12.5 Å². The molecule has 1 saturated heterocycles. The standard InChI is InChI=1S/C16H22FN5/c1-21-4-2-3-15(21)8-18-9-16-5-14(17)11-22(16)10-13-6-19-12-20-7-13/h2-4,6-7,12,14,16,18H,5,8-11H2,1H3/t14-,16-/m0/s1. The predicted octanol–water partition coefficient (Wildman–Crippen LogP) is 1.52. The number of nitrogens with one attached hydrogen (secondary N) is 1. The van der Waals surface area contributed by atoms with Crippen molar-refractivity contribution in [3.05, 3.63) is 48.3 Å². The molecule has 2 aromatic heterocycles. The minimum atomic E-state index is -0.744. The zero-order chi connectivity index (χ0) is 15.4. The first kappa shape index (κ1) is 15.1. The molecule has 0 radical (unpaired) electrons. The zero-order valence-corrected chi connectivity index (χ0v) is 12.8. The van der Waals surface area contributed by atoms with Gasteiger partial charge in [0.25, 0.3) is 0 Å². The van der Waals surface area contributed by atoms with Crippen molar-refractivity contribution >= 4 is 0 Å². The van der Waals surface area contributed by atoms with Gasteiger partial charge in [-0.05, 0) is 18.6 Å². The lowest BCUT2D eigenvalue weighted by atomic mass is 10.2. The van der Waals surface area contributed by atoms with E-state index in [9.17, 15) is 4.39 Å². The van der Waals surface area contributed by atoms with Gasteiger partial charge in [-0.25, -0.2) is 14.4 Å². The first-order valence-electron chi connectivity index (χ1n) is 7.65. The number of likely N-dealkylation sites (tertiary alicyclic amines) is 1. The van der Waals surface area contributed by atoms with Crippen LogP contribution in [-0.4, -0.2) is 44.7 Å². The highest BCUT2D eigenvalue weighted by Gasteiger charge is 2.31. The van der Waals surface area contributed by atoms with Crippen LogP contribution in [0.4, 0.5) is 4.39 Å². The van der Waals surface area contributed by atoms with Crippen LogP contribution in [0.15, 0.2) is 37.1 Å².